The molecule has 8 rings (SSSR count). The Morgan fingerprint density at radius 1 is 1.02 bits per heavy atom. The van der Waals surface area contributed by atoms with Gasteiger partial charge in [0.15, 0.2) is 11.7 Å². The van der Waals surface area contributed by atoms with Crippen molar-refractivity contribution < 1.29 is 38.1 Å². The molecule has 2 amide bonds. The van der Waals surface area contributed by atoms with Gasteiger partial charge in [0.1, 0.15) is 30.0 Å². The highest BCUT2D eigenvalue weighted by atomic mass is 33.1. The van der Waals surface area contributed by atoms with E-state index in [0.29, 0.717) is 32.5 Å². The molecule has 0 aromatic rings. The zero-order valence-corrected chi connectivity index (χ0v) is 29.6. The lowest BCUT2D eigenvalue weighted by atomic mass is 9.46. The van der Waals surface area contributed by atoms with Crippen molar-refractivity contribution >= 4 is 39.6 Å². The maximum absolute atomic E-state index is 13.3. The Bertz CT molecular complexity index is 1340. The molecule has 0 radical (unpaired) electrons. The third kappa shape index (κ3) is 4.95. The van der Waals surface area contributed by atoms with Crippen LogP contribution in [-0.4, -0.2) is 89.9 Å². The van der Waals surface area contributed by atoms with E-state index in [0.717, 1.165) is 67.8 Å². The first-order valence-corrected chi connectivity index (χ1v) is 20.5. The Morgan fingerprint density at radius 2 is 1.83 bits per heavy atom. The van der Waals surface area contributed by atoms with Gasteiger partial charge in [-0.2, -0.15) is 0 Å². The quantitative estimate of drug-likeness (QED) is 0.108. The van der Waals surface area contributed by atoms with E-state index in [1.807, 2.05) is 21.6 Å². The molecule has 10 atom stereocenters. The van der Waals surface area contributed by atoms with Gasteiger partial charge >= 0.3 is 12.1 Å². The van der Waals surface area contributed by atoms with Crippen molar-refractivity contribution in [2.45, 2.75) is 144 Å². The predicted molar refractivity (Wildman–Crippen MR) is 178 cm³/mol. The molecule has 5 heterocycles. The number of unbranched alkanes of at least 4 members (excludes halogenated alkanes) is 4. The van der Waals surface area contributed by atoms with Gasteiger partial charge in [0.05, 0.1) is 6.10 Å². The summed E-state index contributed by atoms with van der Waals surface area (Å²) in [6.45, 7) is 8.14. The van der Waals surface area contributed by atoms with Crippen LogP contribution in [0, 0.1) is 17.3 Å². The second-order valence-corrected chi connectivity index (χ2v) is 18.3. The summed E-state index contributed by atoms with van der Waals surface area (Å²) in [4.78, 5) is 37.9. The number of fused-ring (bicyclic) bond motifs is 4. The molecule has 8 aliphatic rings. The third-order valence-corrected chi connectivity index (χ3v) is 15.9. The molecule has 12 heteroatoms. The average Bonchev–Trinajstić information content (AvgIpc) is 3.99. The minimum Gasteiger partial charge on any atom is -0.458 e. The van der Waals surface area contributed by atoms with Crippen LogP contribution in [0.15, 0.2) is 11.1 Å². The highest BCUT2D eigenvalue weighted by Crippen LogP contribution is 2.83. The van der Waals surface area contributed by atoms with Crippen molar-refractivity contribution in [1.29, 1.82) is 0 Å². The number of carbonyl (C=O) groups excluding carboxylic acids is 3. The molecular weight excluding hydrogens is 641 g/mol. The molecule has 4 saturated heterocycles. The summed E-state index contributed by atoms with van der Waals surface area (Å²) in [5.74, 6) is 1.51. The molecule has 0 aromatic heterocycles. The molecule has 3 aliphatic carbocycles. The summed E-state index contributed by atoms with van der Waals surface area (Å²) in [5, 5.41) is 6.84. The number of cyclic esters (lactones) is 1. The van der Waals surface area contributed by atoms with Crippen molar-refractivity contribution in [3.63, 3.8) is 0 Å². The van der Waals surface area contributed by atoms with E-state index in [1.54, 1.807) is 0 Å². The maximum atomic E-state index is 13.3. The van der Waals surface area contributed by atoms with Crippen molar-refractivity contribution in [2.75, 3.05) is 25.4 Å². The zero-order chi connectivity index (χ0) is 32.6. The molecule has 2 saturated carbocycles. The van der Waals surface area contributed by atoms with Gasteiger partial charge in [-0.1, -0.05) is 61.6 Å². The summed E-state index contributed by atoms with van der Waals surface area (Å²) in [7, 11) is 3.98. The molecule has 47 heavy (non-hydrogen) atoms. The third-order valence-electron chi connectivity index (χ3n) is 12.9. The Labute approximate surface area is 285 Å². The highest BCUT2D eigenvalue weighted by Gasteiger charge is 3.01. The largest absolute Gasteiger partial charge is 0.458 e. The number of esters is 1. The zero-order valence-electron chi connectivity index (χ0n) is 27.9. The Kier molecular flexibility index (Phi) is 8.42. The van der Waals surface area contributed by atoms with E-state index in [4.69, 9.17) is 23.7 Å². The van der Waals surface area contributed by atoms with Crippen LogP contribution >= 0.6 is 21.6 Å². The van der Waals surface area contributed by atoms with Gasteiger partial charge in [-0.15, -0.1) is 0 Å². The van der Waals surface area contributed by atoms with Crippen LogP contribution in [0.5, 0.6) is 0 Å². The number of epoxide rings is 3. The van der Waals surface area contributed by atoms with E-state index < -0.39 is 29.0 Å². The fourth-order valence-corrected chi connectivity index (χ4v) is 13.4. The second-order valence-electron chi connectivity index (χ2n) is 15.6. The van der Waals surface area contributed by atoms with Crippen LogP contribution in [0.4, 0.5) is 4.79 Å². The first kappa shape index (κ1) is 32.7. The van der Waals surface area contributed by atoms with Crippen LogP contribution in [-0.2, 0) is 33.3 Å². The topological polar surface area (TPSA) is 131 Å². The van der Waals surface area contributed by atoms with E-state index in [1.165, 1.54) is 18.6 Å². The summed E-state index contributed by atoms with van der Waals surface area (Å²) in [6, 6.07) is 0. The van der Waals surface area contributed by atoms with Gasteiger partial charge < -0.3 is 34.3 Å². The highest BCUT2D eigenvalue weighted by molar-refractivity contribution is 8.77. The van der Waals surface area contributed by atoms with Crippen molar-refractivity contribution in [3.8, 4) is 0 Å². The minimum absolute atomic E-state index is 0.101. The van der Waals surface area contributed by atoms with Gasteiger partial charge in [0.2, 0.25) is 5.91 Å². The van der Waals surface area contributed by atoms with E-state index >= 15 is 0 Å². The Morgan fingerprint density at radius 3 is 2.60 bits per heavy atom. The smallest absolute Gasteiger partial charge is 0.407 e. The number of nitrogens with one attached hydrogen (secondary N) is 2. The van der Waals surface area contributed by atoms with Gasteiger partial charge in [-0.3, -0.25) is 4.79 Å². The molecule has 0 aromatic carbocycles. The predicted octanol–water partition coefficient (Wildman–Crippen LogP) is 5.23. The van der Waals surface area contributed by atoms with Crippen LogP contribution in [0.1, 0.15) is 97.8 Å². The number of carbonyl (C=O) groups is 3. The molecular formula is C35H50N2O8S2. The lowest BCUT2D eigenvalue weighted by Gasteiger charge is -2.53. The molecule has 5 aliphatic heterocycles. The lowest BCUT2D eigenvalue weighted by Crippen LogP contribution is -2.70. The first-order valence-electron chi connectivity index (χ1n) is 18.1. The van der Waals surface area contributed by atoms with Crippen molar-refractivity contribution in [3.05, 3.63) is 11.1 Å². The lowest BCUT2D eigenvalue weighted by molar-refractivity contribution is -0.136. The average molecular weight is 691 g/mol. The fraction of sp³-hybridized carbons (Fsp3) is 0.857. The number of amides is 2. The minimum atomic E-state index is -0.738. The Balaban J connectivity index is 0.810. The van der Waals surface area contributed by atoms with E-state index in [2.05, 4.69) is 31.4 Å². The van der Waals surface area contributed by atoms with Crippen LogP contribution in [0.25, 0.3) is 0 Å². The maximum Gasteiger partial charge on any atom is 0.407 e. The monoisotopic (exact) mass is 690 g/mol. The van der Waals surface area contributed by atoms with Crippen molar-refractivity contribution in [2.24, 2.45) is 17.3 Å². The molecule has 2 spiro atoms. The second kappa shape index (κ2) is 12.1. The summed E-state index contributed by atoms with van der Waals surface area (Å²) in [5.41, 5.74) is -0.264. The summed E-state index contributed by atoms with van der Waals surface area (Å²) < 4.78 is 31.8. The van der Waals surface area contributed by atoms with Gasteiger partial charge in [0, 0.05) is 41.5 Å². The van der Waals surface area contributed by atoms with Gasteiger partial charge in [-0.05, 0) is 68.8 Å². The first-order chi connectivity index (χ1) is 22.7. The fourth-order valence-electron chi connectivity index (χ4n) is 10.3. The number of alkyl carbamates (subject to hydrolysis) is 1. The van der Waals surface area contributed by atoms with E-state index in [-0.39, 0.29) is 47.4 Å². The van der Waals surface area contributed by atoms with Gasteiger partial charge in [-0.25, -0.2) is 9.59 Å². The molecule has 10 nitrogen and oxygen atoms in total. The van der Waals surface area contributed by atoms with Gasteiger partial charge in [0.25, 0.3) is 0 Å². The molecule has 0 bridgehead atoms. The Hall–Kier alpha value is -1.47. The van der Waals surface area contributed by atoms with E-state index in [9.17, 15) is 14.4 Å². The normalized spacial score (nSPS) is 43.1. The molecule has 6 fully saturated rings. The molecule has 1 unspecified atom stereocenters. The SMILES string of the molecule is CC(C)[C@]12O[C@H]1[C@@H]1O[C@]13[C@]1(O[C@H]1C[C@H]1C4=C(CC[C@@]13C)C(=O)OC4)[C@@H]2OC(=O)NCCCCCCNC(=O)CCCCC1CCSS1. The van der Waals surface area contributed by atoms with Crippen LogP contribution in [0.2, 0.25) is 0 Å². The number of rotatable bonds is 14. The number of hydrogen-bond acceptors (Lipinski definition) is 10. The van der Waals surface area contributed by atoms with Crippen LogP contribution in [0.3, 0.4) is 0 Å². The standard InChI is InChI=1S/C35H50N2O8S2/c1-20(2)33-27(44-33)28-35(45-28)32(3)14-12-22-23(19-41-29(22)39)24(32)18-25-34(35,43-25)30(33)42-31(40)37-16-9-5-4-8-15-36-26(38)11-7-6-10-21-13-17-46-47-21/h20-21,24-25,27-28,30H,4-19H2,1-3H3,(H,36,38)(H,37,40)/t21?,24-,25-,27-,28-,30+,32-,33-,34+,35+/m0/s1. The molecule has 260 valence electrons. The van der Waals surface area contributed by atoms with Crippen LogP contribution < -0.4 is 10.6 Å². The summed E-state index contributed by atoms with van der Waals surface area (Å²) >= 11 is 0. The molecule has 2 N–H and O–H groups in total. The summed E-state index contributed by atoms with van der Waals surface area (Å²) in [6.07, 6.45) is 9.90. The number of ether oxygens (including phenoxy) is 5. The van der Waals surface area contributed by atoms with Crippen molar-refractivity contribution in [1.82, 2.24) is 10.6 Å². The number of hydrogen-bond donors (Lipinski definition) is 2.